The fraction of sp³-hybridized carbons (Fsp3) is 0.368. The third-order valence-corrected chi connectivity index (χ3v) is 3.88. The Morgan fingerprint density at radius 3 is 2.64 bits per heavy atom. The summed E-state index contributed by atoms with van der Waals surface area (Å²) in [5.74, 6) is -0.642. The number of rotatable bonds is 8. The molecule has 1 amide bonds. The van der Waals surface area contributed by atoms with Gasteiger partial charge in [-0.15, -0.1) is 0 Å². The summed E-state index contributed by atoms with van der Waals surface area (Å²) in [5, 5.41) is 11.6. The number of carboxylic acids is 1. The molecule has 0 saturated heterocycles. The highest BCUT2D eigenvalue weighted by molar-refractivity contribution is 5.94. The molecule has 6 heteroatoms. The number of aliphatic carboxylic acids is 1. The Balaban J connectivity index is 2.13. The van der Waals surface area contributed by atoms with Crippen molar-refractivity contribution in [3.8, 4) is 11.3 Å². The molecule has 6 nitrogen and oxygen atoms in total. The lowest BCUT2D eigenvalue weighted by atomic mass is 10.0. The van der Waals surface area contributed by atoms with E-state index in [1.807, 2.05) is 24.3 Å². The van der Waals surface area contributed by atoms with E-state index >= 15 is 0 Å². The number of carboxylic acid groups (broad SMARTS) is 1. The predicted molar refractivity (Wildman–Crippen MR) is 93.6 cm³/mol. The Bertz CT molecular complexity index is 735. The lowest BCUT2D eigenvalue weighted by molar-refractivity contribution is -0.139. The van der Waals surface area contributed by atoms with Crippen molar-refractivity contribution in [1.82, 2.24) is 5.32 Å². The number of carbonyl (C=O) groups is 2. The van der Waals surface area contributed by atoms with Crippen LogP contribution in [0.15, 0.2) is 40.8 Å². The molecule has 0 aliphatic heterocycles. The lowest BCUT2D eigenvalue weighted by Crippen LogP contribution is -2.41. The van der Waals surface area contributed by atoms with Crippen LogP contribution in [0.3, 0.4) is 0 Å². The summed E-state index contributed by atoms with van der Waals surface area (Å²) < 4.78 is 10.5. The average Bonchev–Trinajstić information content (AvgIpc) is 3.08. The normalized spacial score (nSPS) is 12.2. The van der Waals surface area contributed by atoms with Gasteiger partial charge in [-0.05, 0) is 29.7 Å². The van der Waals surface area contributed by atoms with Crippen LogP contribution < -0.4 is 5.32 Å². The van der Waals surface area contributed by atoms with Crippen LogP contribution in [0.1, 0.15) is 42.3 Å². The largest absolute Gasteiger partial charge is 0.480 e. The summed E-state index contributed by atoms with van der Waals surface area (Å²) >= 11 is 0. The van der Waals surface area contributed by atoms with Gasteiger partial charge >= 0.3 is 5.97 Å². The van der Waals surface area contributed by atoms with Crippen LogP contribution in [0.4, 0.5) is 0 Å². The maximum absolute atomic E-state index is 12.2. The van der Waals surface area contributed by atoms with Crippen LogP contribution in [-0.4, -0.2) is 36.7 Å². The number of nitrogens with one attached hydrogen (secondary N) is 1. The van der Waals surface area contributed by atoms with Gasteiger partial charge in [-0.25, -0.2) is 4.79 Å². The molecule has 0 bridgehead atoms. The van der Waals surface area contributed by atoms with E-state index in [9.17, 15) is 9.59 Å². The SMILES string of the molecule is COCCC(NC(=O)c1ccc(-c2cccc(C(C)C)c2)o1)C(=O)O. The summed E-state index contributed by atoms with van der Waals surface area (Å²) in [5.41, 5.74) is 2.05. The molecule has 0 aliphatic rings. The van der Waals surface area contributed by atoms with Crippen molar-refractivity contribution < 1.29 is 23.8 Å². The van der Waals surface area contributed by atoms with Gasteiger partial charge in [0.05, 0.1) is 0 Å². The highest BCUT2D eigenvalue weighted by atomic mass is 16.5. The zero-order chi connectivity index (χ0) is 18.4. The van der Waals surface area contributed by atoms with Crippen LogP contribution in [0, 0.1) is 0 Å². The summed E-state index contributed by atoms with van der Waals surface area (Å²) in [6.45, 7) is 4.45. The maximum Gasteiger partial charge on any atom is 0.326 e. The topological polar surface area (TPSA) is 88.8 Å². The van der Waals surface area contributed by atoms with E-state index in [-0.39, 0.29) is 18.8 Å². The van der Waals surface area contributed by atoms with Gasteiger partial charge in [0.15, 0.2) is 5.76 Å². The van der Waals surface area contributed by atoms with Crippen molar-refractivity contribution in [2.24, 2.45) is 0 Å². The van der Waals surface area contributed by atoms with Crippen molar-refractivity contribution in [2.45, 2.75) is 32.2 Å². The molecular formula is C19H23NO5. The minimum absolute atomic E-state index is 0.0774. The molecule has 25 heavy (non-hydrogen) atoms. The monoisotopic (exact) mass is 345 g/mol. The van der Waals surface area contributed by atoms with Crippen molar-refractivity contribution in [3.63, 3.8) is 0 Å². The fourth-order valence-corrected chi connectivity index (χ4v) is 2.39. The molecule has 2 N–H and O–H groups in total. The van der Waals surface area contributed by atoms with Gasteiger partial charge in [-0.1, -0.05) is 32.0 Å². The molecule has 0 radical (unpaired) electrons. The van der Waals surface area contributed by atoms with E-state index in [1.54, 1.807) is 12.1 Å². The first-order valence-electron chi connectivity index (χ1n) is 8.15. The molecule has 1 unspecified atom stereocenters. The summed E-state index contributed by atoms with van der Waals surface area (Å²) in [7, 11) is 1.48. The number of amides is 1. The molecule has 1 aromatic heterocycles. The van der Waals surface area contributed by atoms with Gasteiger partial charge in [0.2, 0.25) is 0 Å². The van der Waals surface area contributed by atoms with Crippen LogP contribution in [0.2, 0.25) is 0 Å². The first-order valence-corrected chi connectivity index (χ1v) is 8.15. The van der Waals surface area contributed by atoms with Crippen LogP contribution >= 0.6 is 0 Å². The van der Waals surface area contributed by atoms with E-state index in [1.165, 1.54) is 12.7 Å². The number of methoxy groups -OCH3 is 1. The van der Waals surface area contributed by atoms with E-state index in [2.05, 4.69) is 19.2 Å². The Kier molecular flexibility index (Phi) is 6.36. The number of benzene rings is 1. The molecule has 0 saturated carbocycles. The van der Waals surface area contributed by atoms with Gasteiger partial charge in [-0.3, -0.25) is 4.79 Å². The zero-order valence-electron chi connectivity index (χ0n) is 14.6. The number of carbonyl (C=O) groups excluding carboxylic acids is 1. The Labute approximate surface area is 146 Å². The van der Waals surface area contributed by atoms with Gasteiger partial charge in [0, 0.05) is 25.7 Å². The van der Waals surface area contributed by atoms with Gasteiger partial charge in [0.25, 0.3) is 5.91 Å². The lowest BCUT2D eigenvalue weighted by Gasteiger charge is -2.12. The summed E-state index contributed by atoms with van der Waals surface area (Å²) in [4.78, 5) is 23.4. The molecule has 0 fully saturated rings. The second kappa shape index (κ2) is 8.48. The minimum Gasteiger partial charge on any atom is -0.480 e. The van der Waals surface area contributed by atoms with Crippen LogP contribution in [-0.2, 0) is 9.53 Å². The molecule has 0 spiro atoms. The summed E-state index contributed by atoms with van der Waals surface area (Å²) in [6, 6.07) is 10.1. The molecule has 2 aromatic rings. The fourth-order valence-electron chi connectivity index (χ4n) is 2.39. The van der Waals surface area contributed by atoms with Crippen molar-refractivity contribution in [2.75, 3.05) is 13.7 Å². The van der Waals surface area contributed by atoms with Crippen molar-refractivity contribution in [1.29, 1.82) is 0 Å². The molecule has 1 atom stereocenters. The number of hydrogen-bond donors (Lipinski definition) is 2. The Hall–Kier alpha value is -2.60. The quantitative estimate of drug-likeness (QED) is 0.766. The third-order valence-electron chi connectivity index (χ3n) is 3.88. The molecule has 1 aromatic carbocycles. The average molecular weight is 345 g/mol. The highest BCUT2D eigenvalue weighted by Gasteiger charge is 2.22. The maximum atomic E-state index is 12.2. The third kappa shape index (κ3) is 4.93. The standard InChI is InChI=1S/C19H23NO5/c1-12(2)13-5-4-6-14(11-13)16-7-8-17(25-16)18(21)20-15(19(22)23)9-10-24-3/h4-8,11-12,15H,9-10H2,1-3H3,(H,20,21)(H,22,23). The smallest absolute Gasteiger partial charge is 0.326 e. The van der Waals surface area contributed by atoms with Crippen LogP contribution in [0.5, 0.6) is 0 Å². The zero-order valence-corrected chi connectivity index (χ0v) is 14.6. The molecule has 2 rings (SSSR count). The number of hydrogen-bond acceptors (Lipinski definition) is 4. The Morgan fingerprint density at radius 2 is 2.00 bits per heavy atom. The van der Waals surface area contributed by atoms with E-state index in [4.69, 9.17) is 14.3 Å². The van der Waals surface area contributed by atoms with E-state index in [0.29, 0.717) is 11.7 Å². The van der Waals surface area contributed by atoms with Gasteiger partial charge < -0.3 is 19.6 Å². The van der Waals surface area contributed by atoms with E-state index < -0.39 is 17.9 Å². The van der Waals surface area contributed by atoms with Crippen molar-refractivity contribution in [3.05, 3.63) is 47.7 Å². The first-order chi connectivity index (χ1) is 11.9. The number of furan rings is 1. The van der Waals surface area contributed by atoms with E-state index in [0.717, 1.165) is 5.56 Å². The molecule has 0 aliphatic carbocycles. The second-order valence-electron chi connectivity index (χ2n) is 6.09. The Morgan fingerprint density at radius 1 is 1.24 bits per heavy atom. The summed E-state index contributed by atoms with van der Waals surface area (Å²) in [6.07, 6.45) is 0.182. The highest BCUT2D eigenvalue weighted by Crippen LogP contribution is 2.25. The molecule has 134 valence electrons. The number of ether oxygens (including phenoxy) is 1. The molecular weight excluding hydrogens is 322 g/mol. The van der Waals surface area contributed by atoms with Crippen molar-refractivity contribution >= 4 is 11.9 Å². The second-order valence-corrected chi connectivity index (χ2v) is 6.09. The minimum atomic E-state index is -1.11. The van der Waals surface area contributed by atoms with Crippen LogP contribution in [0.25, 0.3) is 11.3 Å². The first kappa shape index (κ1) is 18.7. The molecule has 1 heterocycles. The predicted octanol–water partition coefficient (Wildman–Crippen LogP) is 3.29. The van der Waals surface area contributed by atoms with Gasteiger partial charge in [-0.2, -0.15) is 0 Å². The van der Waals surface area contributed by atoms with Gasteiger partial charge in [0.1, 0.15) is 11.8 Å².